The molecule has 0 unspecified atom stereocenters. The molecule has 0 aliphatic carbocycles. The van der Waals surface area contributed by atoms with Gasteiger partial charge in [0.1, 0.15) is 5.82 Å². The zero-order chi connectivity index (χ0) is 24.9. The summed E-state index contributed by atoms with van der Waals surface area (Å²) >= 11 is 6.36. The Balaban J connectivity index is 1.50. The summed E-state index contributed by atoms with van der Waals surface area (Å²) < 4.78 is 15.3. The van der Waals surface area contributed by atoms with E-state index < -0.39 is 17.6 Å². The van der Waals surface area contributed by atoms with Crippen molar-refractivity contribution >= 4 is 41.1 Å². The second-order valence-electron chi connectivity index (χ2n) is 7.90. The molecule has 4 aromatic rings. The van der Waals surface area contributed by atoms with Gasteiger partial charge in [-0.3, -0.25) is 14.4 Å². The molecule has 2 amide bonds. The van der Waals surface area contributed by atoms with Crippen LogP contribution in [0.25, 0.3) is 0 Å². The lowest BCUT2D eigenvalue weighted by Gasteiger charge is -2.14. The summed E-state index contributed by atoms with van der Waals surface area (Å²) in [7, 11) is 0. The minimum atomic E-state index is -0.509. The zero-order valence-electron chi connectivity index (χ0n) is 18.7. The number of amides is 2. The van der Waals surface area contributed by atoms with Gasteiger partial charge >= 0.3 is 0 Å². The van der Waals surface area contributed by atoms with Crippen molar-refractivity contribution < 1.29 is 18.8 Å². The predicted octanol–water partition coefficient (Wildman–Crippen LogP) is 5.95. The molecule has 0 atom stereocenters. The van der Waals surface area contributed by atoms with E-state index in [0.717, 1.165) is 17.9 Å². The first kappa shape index (κ1) is 23.9. The second-order valence-corrected chi connectivity index (χ2v) is 8.31. The van der Waals surface area contributed by atoms with Gasteiger partial charge in [-0.15, -0.1) is 0 Å². The maximum absolute atomic E-state index is 13.5. The van der Waals surface area contributed by atoms with Crippen LogP contribution < -0.4 is 10.6 Å². The van der Waals surface area contributed by atoms with Gasteiger partial charge in [-0.05, 0) is 66.6 Å². The lowest BCUT2D eigenvalue weighted by Crippen LogP contribution is -2.16. The second kappa shape index (κ2) is 10.4. The quantitative estimate of drug-likeness (QED) is 0.314. The number of carbonyl (C=O) groups is 3. The van der Waals surface area contributed by atoms with Crippen LogP contribution in [-0.2, 0) is 6.54 Å². The lowest BCUT2D eigenvalue weighted by molar-refractivity contribution is 0.101. The Morgan fingerprint density at radius 3 is 2.49 bits per heavy atom. The van der Waals surface area contributed by atoms with E-state index in [0.29, 0.717) is 29.2 Å². The first-order valence-corrected chi connectivity index (χ1v) is 11.1. The first-order chi connectivity index (χ1) is 16.9. The molecule has 176 valence electrons. The summed E-state index contributed by atoms with van der Waals surface area (Å²) in [5.41, 5.74) is 3.35. The topological polar surface area (TPSA) is 80.2 Å². The van der Waals surface area contributed by atoms with E-state index in [4.69, 9.17) is 11.6 Å². The van der Waals surface area contributed by atoms with Crippen molar-refractivity contribution in [1.29, 1.82) is 0 Å². The van der Waals surface area contributed by atoms with Gasteiger partial charge in [0.2, 0.25) is 0 Å². The number of aryl methyl sites for hydroxylation is 1. The van der Waals surface area contributed by atoms with Crippen LogP contribution in [0.4, 0.5) is 15.8 Å². The molecular weight excluding hydrogens is 469 g/mol. The summed E-state index contributed by atoms with van der Waals surface area (Å²) in [6.07, 6.45) is 2.56. The first-order valence-electron chi connectivity index (χ1n) is 10.7. The third-order valence-corrected chi connectivity index (χ3v) is 5.82. The average Bonchev–Trinajstić information content (AvgIpc) is 3.29. The van der Waals surface area contributed by atoms with Gasteiger partial charge in [0.25, 0.3) is 11.8 Å². The highest BCUT2D eigenvalue weighted by Crippen LogP contribution is 2.25. The molecule has 0 saturated carbocycles. The fraction of sp³-hybridized carbons (Fsp3) is 0.0741. The molecule has 35 heavy (non-hydrogen) atoms. The van der Waals surface area contributed by atoms with Gasteiger partial charge in [-0.25, -0.2) is 4.39 Å². The fourth-order valence-electron chi connectivity index (χ4n) is 3.65. The summed E-state index contributed by atoms with van der Waals surface area (Å²) in [5.74, 6) is -1.42. The van der Waals surface area contributed by atoms with Crippen molar-refractivity contribution in [2.75, 3.05) is 10.6 Å². The van der Waals surface area contributed by atoms with Gasteiger partial charge in [0.05, 0.1) is 16.3 Å². The Kier molecular flexibility index (Phi) is 7.08. The van der Waals surface area contributed by atoms with Crippen molar-refractivity contribution in [3.05, 3.63) is 118 Å². The largest absolute Gasteiger partial charge is 0.341 e. The molecule has 0 aliphatic rings. The molecule has 0 bridgehead atoms. The molecule has 0 spiro atoms. The molecule has 1 aromatic heterocycles. The number of hydrogen-bond acceptors (Lipinski definition) is 3. The average molecular weight is 490 g/mol. The van der Waals surface area contributed by atoms with Gasteiger partial charge in [0.15, 0.2) is 6.29 Å². The van der Waals surface area contributed by atoms with Crippen LogP contribution in [-0.4, -0.2) is 22.7 Å². The maximum atomic E-state index is 13.5. The minimum absolute atomic E-state index is 0.141. The molecule has 2 N–H and O–H groups in total. The normalized spacial score (nSPS) is 10.6. The van der Waals surface area contributed by atoms with Crippen LogP contribution in [0.2, 0.25) is 5.02 Å². The van der Waals surface area contributed by atoms with Crippen LogP contribution in [0.15, 0.2) is 79.0 Å². The van der Waals surface area contributed by atoms with E-state index in [-0.39, 0.29) is 16.1 Å². The third kappa shape index (κ3) is 5.47. The zero-order valence-corrected chi connectivity index (χ0v) is 19.5. The highest BCUT2D eigenvalue weighted by atomic mass is 35.5. The van der Waals surface area contributed by atoms with E-state index in [2.05, 4.69) is 10.6 Å². The number of hydrogen-bond donors (Lipinski definition) is 2. The highest BCUT2D eigenvalue weighted by Gasteiger charge is 2.16. The number of para-hydroxylation sites is 1. The van der Waals surface area contributed by atoms with Gasteiger partial charge in [-0.1, -0.05) is 35.9 Å². The van der Waals surface area contributed by atoms with Gasteiger partial charge in [0, 0.05) is 29.7 Å². The number of carbonyl (C=O) groups excluding carboxylic acids is 3. The smallest absolute Gasteiger partial charge is 0.257 e. The van der Waals surface area contributed by atoms with Crippen LogP contribution in [0.3, 0.4) is 0 Å². The number of nitrogens with one attached hydrogen (secondary N) is 2. The van der Waals surface area contributed by atoms with Crippen LogP contribution in [0.1, 0.15) is 42.3 Å². The van der Waals surface area contributed by atoms with E-state index in [1.807, 2.05) is 12.1 Å². The van der Waals surface area contributed by atoms with Crippen LogP contribution in [0, 0.1) is 12.7 Å². The maximum Gasteiger partial charge on any atom is 0.257 e. The van der Waals surface area contributed by atoms with Crippen molar-refractivity contribution in [2.45, 2.75) is 13.5 Å². The molecule has 3 aromatic carbocycles. The molecule has 1 heterocycles. The Morgan fingerprint density at radius 1 is 0.943 bits per heavy atom. The summed E-state index contributed by atoms with van der Waals surface area (Å²) in [4.78, 5) is 36.7. The lowest BCUT2D eigenvalue weighted by atomic mass is 10.1. The molecule has 0 saturated heterocycles. The number of nitrogens with zero attached hydrogens (tertiary/aromatic N) is 1. The number of aldehydes is 1. The molecular formula is C27H21ClFN3O3. The van der Waals surface area contributed by atoms with E-state index in [1.54, 1.807) is 48.0 Å². The highest BCUT2D eigenvalue weighted by molar-refractivity contribution is 6.34. The molecule has 0 fully saturated rings. The number of aromatic nitrogens is 1. The Bertz CT molecular complexity index is 1430. The fourth-order valence-corrected chi connectivity index (χ4v) is 3.91. The Labute approximate surface area is 206 Å². The van der Waals surface area contributed by atoms with Crippen LogP contribution >= 0.6 is 11.6 Å². The predicted molar refractivity (Wildman–Crippen MR) is 134 cm³/mol. The Morgan fingerprint density at radius 2 is 1.71 bits per heavy atom. The molecule has 0 radical (unpaired) electrons. The number of halogens is 2. The SMILES string of the molecule is Cc1ccc(F)cc1C(=O)Nc1ccc(C(=O)Nc2ccccc2Cn2cccc2C=O)c(Cl)c1. The van der Waals surface area contributed by atoms with E-state index in [9.17, 15) is 18.8 Å². The number of rotatable bonds is 7. The number of benzene rings is 3. The van der Waals surface area contributed by atoms with Crippen molar-refractivity contribution in [3.63, 3.8) is 0 Å². The summed E-state index contributed by atoms with van der Waals surface area (Å²) in [6, 6.07) is 19.3. The van der Waals surface area contributed by atoms with Crippen LogP contribution in [0.5, 0.6) is 0 Å². The number of anilines is 2. The monoisotopic (exact) mass is 489 g/mol. The van der Waals surface area contributed by atoms with E-state index in [1.165, 1.54) is 24.3 Å². The third-order valence-electron chi connectivity index (χ3n) is 5.51. The van der Waals surface area contributed by atoms with Crippen molar-refractivity contribution in [3.8, 4) is 0 Å². The van der Waals surface area contributed by atoms with E-state index >= 15 is 0 Å². The molecule has 4 rings (SSSR count). The van der Waals surface area contributed by atoms with Gasteiger partial charge < -0.3 is 15.2 Å². The van der Waals surface area contributed by atoms with Crippen molar-refractivity contribution in [1.82, 2.24) is 4.57 Å². The molecule has 6 nitrogen and oxygen atoms in total. The van der Waals surface area contributed by atoms with Gasteiger partial charge in [-0.2, -0.15) is 0 Å². The minimum Gasteiger partial charge on any atom is -0.341 e. The standard InChI is InChI=1S/C27H21ClFN3O3/c1-17-8-9-19(29)13-23(17)27(35)30-20-10-11-22(24(28)14-20)26(34)31-25-7-3-2-5-18(25)15-32-12-4-6-21(32)16-33/h2-14,16H,15H2,1H3,(H,30,35)(H,31,34). The molecule has 0 aliphatic heterocycles. The Hall–Kier alpha value is -4.23. The summed E-state index contributed by atoms with van der Waals surface area (Å²) in [5, 5.41) is 5.68. The molecule has 8 heteroatoms. The summed E-state index contributed by atoms with van der Waals surface area (Å²) in [6.45, 7) is 2.11. The van der Waals surface area contributed by atoms with Crippen molar-refractivity contribution in [2.24, 2.45) is 0 Å².